The van der Waals surface area contributed by atoms with Gasteiger partial charge >= 0.3 is 0 Å². The zero-order valence-corrected chi connectivity index (χ0v) is 14.0. The van der Waals surface area contributed by atoms with Crippen molar-refractivity contribution in [1.82, 2.24) is 0 Å². The van der Waals surface area contributed by atoms with Gasteiger partial charge < -0.3 is 19.5 Å². The Morgan fingerprint density at radius 2 is 1.62 bits per heavy atom. The van der Waals surface area contributed by atoms with Gasteiger partial charge in [-0.1, -0.05) is 30.3 Å². The largest absolute Gasteiger partial charge is 0.486 e. The van der Waals surface area contributed by atoms with Crippen molar-refractivity contribution in [2.24, 2.45) is 0 Å². The smallest absolute Gasteiger partial charge is 0.259 e. The molecule has 5 heteroatoms. The first-order chi connectivity index (χ1) is 12.8. The minimum atomic E-state index is -0.260. The fourth-order valence-electron chi connectivity index (χ4n) is 2.71. The summed E-state index contributed by atoms with van der Waals surface area (Å²) in [6.07, 6.45) is 0. The van der Waals surface area contributed by atoms with Crippen LogP contribution in [0.1, 0.15) is 10.4 Å². The predicted octanol–water partition coefficient (Wildman–Crippen LogP) is 4.50. The van der Waals surface area contributed by atoms with Gasteiger partial charge in [-0.2, -0.15) is 0 Å². The summed E-state index contributed by atoms with van der Waals surface area (Å²) in [6, 6.07) is 22.0. The number of fused-ring (bicyclic) bond motifs is 1. The van der Waals surface area contributed by atoms with Gasteiger partial charge in [0.05, 0.1) is 5.56 Å². The average molecular weight is 347 g/mol. The fourth-order valence-corrected chi connectivity index (χ4v) is 2.71. The van der Waals surface area contributed by atoms with E-state index in [2.05, 4.69) is 5.32 Å². The maximum absolute atomic E-state index is 12.7. The molecule has 0 saturated heterocycles. The van der Waals surface area contributed by atoms with Crippen molar-refractivity contribution >= 4 is 11.6 Å². The van der Waals surface area contributed by atoms with Crippen LogP contribution in [0, 0.1) is 0 Å². The standard InChI is InChI=1S/C21H17NO4/c23-21(18-10-5-11-19-20(18)25-13-12-24-19)22-15-6-4-9-17(14-15)26-16-7-2-1-3-8-16/h1-11,14H,12-13H2,(H,22,23). The lowest BCUT2D eigenvalue weighted by Gasteiger charge is -2.20. The quantitative estimate of drug-likeness (QED) is 0.755. The van der Waals surface area contributed by atoms with Gasteiger partial charge in [0.15, 0.2) is 11.5 Å². The minimum absolute atomic E-state index is 0.260. The molecule has 26 heavy (non-hydrogen) atoms. The summed E-state index contributed by atoms with van der Waals surface area (Å²) in [5, 5.41) is 2.88. The molecule has 0 unspecified atom stereocenters. The Bertz CT molecular complexity index is 924. The molecule has 0 aromatic heterocycles. The van der Waals surface area contributed by atoms with E-state index in [1.807, 2.05) is 48.5 Å². The first-order valence-electron chi connectivity index (χ1n) is 8.32. The Morgan fingerprint density at radius 1 is 0.846 bits per heavy atom. The van der Waals surface area contributed by atoms with Crippen molar-refractivity contribution in [3.05, 3.63) is 78.4 Å². The van der Waals surface area contributed by atoms with Crippen LogP contribution in [0.2, 0.25) is 0 Å². The molecule has 1 heterocycles. The molecule has 0 saturated carbocycles. The van der Waals surface area contributed by atoms with E-state index < -0.39 is 0 Å². The van der Waals surface area contributed by atoms with E-state index >= 15 is 0 Å². The highest BCUT2D eigenvalue weighted by Gasteiger charge is 2.20. The molecule has 3 aromatic carbocycles. The summed E-state index contributed by atoms with van der Waals surface area (Å²) >= 11 is 0. The maximum Gasteiger partial charge on any atom is 0.259 e. The van der Waals surface area contributed by atoms with Crippen LogP contribution in [0.5, 0.6) is 23.0 Å². The molecule has 130 valence electrons. The number of nitrogens with one attached hydrogen (secondary N) is 1. The third-order valence-electron chi connectivity index (χ3n) is 3.88. The monoisotopic (exact) mass is 347 g/mol. The summed E-state index contributed by atoms with van der Waals surface area (Å²) in [5.74, 6) is 2.18. The number of hydrogen-bond acceptors (Lipinski definition) is 4. The summed E-state index contributed by atoms with van der Waals surface area (Å²) < 4.78 is 16.9. The van der Waals surface area contributed by atoms with Crippen LogP contribution in [0.4, 0.5) is 5.69 Å². The Balaban J connectivity index is 1.53. The SMILES string of the molecule is O=C(Nc1cccc(Oc2ccccc2)c1)c1cccc2c1OCCO2. The van der Waals surface area contributed by atoms with Gasteiger partial charge in [0.2, 0.25) is 0 Å². The van der Waals surface area contributed by atoms with Gasteiger partial charge in [0, 0.05) is 11.8 Å². The van der Waals surface area contributed by atoms with Crippen LogP contribution >= 0.6 is 0 Å². The molecule has 1 amide bonds. The molecule has 0 atom stereocenters. The molecule has 5 nitrogen and oxygen atoms in total. The molecular weight excluding hydrogens is 330 g/mol. The Labute approximate surface area is 151 Å². The second kappa shape index (κ2) is 7.19. The van der Waals surface area contributed by atoms with Crippen molar-refractivity contribution in [3.63, 3.8) is 0 Å². The van der Waals surface area contributed by atoms with Crippen molar-refractivity contribution in [2.75, 3.05) is 18.5 Å². The number of para-hydroxylation sites is 2. The number of benzene rings is 3. The second-order valence-electron chi connectivity index (χ2n) is 5.73. The third-order valence-corrected chi connectivity index (χ3v) is 3.88. The zero-order chi connectivity index (χ0) is 17.8. The van der Waals surface area contributed by atoms with E-state index in [1.54, 1.807) is 24.3 Å². The summed E-state index contributed by atoms with van der Waals surface area (Å²) in [7, 11) is 0. The van der Waals surface area contributed by atoms with Crippen LogP contribution in [-0.2, 0) is 0 Å². The van der Waals surface area contributed by atoms with E-state index in [1.165, 1.54) is 0 Å². The summed E-state index contributed by atoms with van der Waals surface area (Å²) in [4.78, 5) is 12.7. The van der Waals surface area contributed by atoms with Crippen LogP contribution in [0.25, 0.3) is 0 Å². The Hall–Kier alpha value is -3.47. The highest BCUT2D eigenvalue weighted by molar-refractivity contribution is 6.06. The molecule has 3 aromatic rings. The summed E-state index contributed by atoms with van der Waals surface area (Å²) in [6.45, 7) is 0.911. The molecule has 1 aliphatic heterocycles. The van der Waals surface area contributed by atoms with E-state index in [4.69, 9.17) is 14.2 Å². The van der Waals surface area contributed by atoms with Crippen molar-refractivity contribution in [3.8, 4) is 23.0 Å². The van der Waals surface area contributed by atoms with Gasteiger partial charge in [-0.05, 0) is 36.4 Å². The number of hydrogen-bond donors (Lipinski definition) is 1. The average Bonchev–Trinajstić information content (AvgIpc) is 2.68. The summed E-state index contributed by atoms with van der Waals surface area (Å²) in [5.41, 5.74) is 1.08. The van der Waals surface area contributed by atoms with Crippen molar-refractivity contribution in [2.45, 2.75) is 0 Å². The Kier molecular flexibility index (Phi) is 4.43. The van der Waals surface area contributed by atoms with Gasteiger partial charge in [0.25, 0.3) is 5.91 Å². The van der Waals surface area contributed by atoms with Crippen molar-refractivity contribution < 1.29 is 19.0 Å². The molecule has 0 aliphatic carbocycles. The molecule has 1 N–H and O–H groups in total. The topological polar surface area (TPSA) is 56.8 Å². The number of ether oxygens (including phenoxy) is 3. The number of carbonyl (C=O) groups is 1. The van der Waals surface area contributed by atoms with Gasteiger partial charge in [-0.25, -0.2) is 0 Å². The predicted molar refractivity (Wildman–Crippen MR) is 98.3 cm³/mol. The second-order valence-corrected chi connectivity index (χ2v) is 5.73. The van der Waals surface area contributed by atoms with Crippen LogP contribution < -0.4 is 19.5 Å². The van der Waals surface area contributed by atoms with Crippen molar-refractivity contribution in [1.29, 1.82) is 0 Å². The van der Waals surface area contributed by atoms with E-state index in [9.17, 15) is 4.79 Å². The molecule has 0 spiro atoms. The number of rotatable bonds is 4. The van der Waals surface area contributed by atoms with E-state index in [0.717, 1.165) is 5.75 Å². The maximum atomic E-state index is 12.7. The lowest BCUT2D eigenvalue weighted by atomic mass is 10.1. The highest BCUT2D eigenvalue weighted by Crippen LogP contribution is 2.34. The normalized spacial score (nSPS) is 12.3. The van der Waals surface area contributed by atoms with Gasteiger partial charge in [-0.15, -0.1) is 0 Å². The van der Waals surface area contributed by atoms with Crippen LogP contribution in [0.3, 0.4) is 0 Å². The van der Waals surface area contributed by atoms with Crippen LogP contribution in [0.15, 0.2) is 72.8 Å². The van der Waals surface area contributed by atoms with E-state index in [-0.39, 0.29) is 5.91 Å². The minimum Gasteiger partial charge on any atom is -0.486 e. The lowest BCUT2D eigenvalue weighted by Crippen LogP contribution is -2.20. The number of carbonyl (C=O) groups excluding carboxylic acids is 1. The number of anilines is 1. The molecule has 0 fully saturated rings. The van der Waals surface area contributed by atoms with E-state index in [0.29, 0.717) is 41.7 Å². The first-order valence-corrected chi connectivity index (χ1v) is 8.32. The Morgan fingerprint density at radius 3 is 2.50 bits per heavy atom. The third kappa shape index (κ3) is 3.47. The molecular formula is C21H17NO4. The fraction of sp³-hybridized carbons (Fsp3) is 0.0952. The molecule has 0 radical (unpaired) electrons. The van der Waals surface area contributed by atoms with Gasteiger partial charge in [-0.3, -0.25) is 4.79 Å². The number of amides is 1. The highest BCUT2D eigenvalue weighted by atomic mass is 16.6. The first kappa shape index (κ1) is 16.0. The lowest BCUT2D eigenvalue weighted by molar-refractivity contribution is 0.101. The van der Waals surface area contributed by atoms with Crippen LogP contribution in [-0.4, -0.2) is 19.1 Å². The molecule has 4 rings (SSSR count). The van der Waals surface area contributed by atoms with Gasteiger partial charge in [0.1, 0.15) is 24.7 Å². The zero-order valence-electron chi connectivity index (χ0n) is 14.0. The molecule has 0 bridgehead atoms. The molecule has 1 aliphatic rings.